The highest BCUT2D eigenvalue weighted by Gasteiger charge is 2.60. The molecule has 0 spiro atoms. The molecule has 2 aromatic carbocycles. The Hall–Kier alpha value is -2.18. The number of aryl methyl sites for hydroxylation is 1. The van der Waals surface area contributed by atoms with Gasteiger partial charge in [-0.2, -0.15) is 0 Å². The summed E-state index contributed by atoms with van der Waals surface area (Å²) in [5, 5.41) is 8.39. The molecule has 1 amide bonds. The first kappa shape index (κ1) is 20.7. The quantitative estimate of drug-likeness (QED) is 0.744. The third-order valence-corrected chi connectivity index (χ3v) is 8.80. The van der Waals surface area contributed by atoms with Crippen LogP contribution >= 0.6 is 0 Å². The summed E-state index contributed by atoms with van der Waals surface area (Å²) in [5.41, 5.74) is 3.21. The van der Waals surface area contributed by atoms with E-state index in [1.165, 1.54) is 36.5 Å². The van der Waals surface area contributed by atoms with E-state index in [1.54, 1.807) is 12.1 Å². The maximum Gasteiger partial charge on any atom is 0.238 e. The second-order valence-electron chi connectivity index (χ2n) is 10.3. The van der Waals surface area contributed by atoms with Gasteiger partial charge in [0.2, 0.25) is 15.9 Å². The normalized spacial score (nSPS) is 31.5. The van der Waals surface area contributed by atoms with Crippen molar-refractivity contribution in [2.24, 2.45) is 22.4 Å². The van der Waals surface area contributed by atoms with Crippen molar-refractivity contribution < 1.29 is 13.2 Å². The fourth-order valence-corrected chi connectivity index (χ4v) is 7.56. The van der Waals surface area contributed by atoms with Crippen molar-refractivity contribution >= 4 is 15.9 Å². The first-order valence-corrected chi connectivity index (χ1v) is 12.7. The predicted octanol–water partition coefficient (Wildman–Crippen LogP) is 3.80. The molecule has 0 aliphatic heterocycles. The van der Waals surface area contributed by atoms with E-state index in [0.29, 0.717) is 18.4 Å². The number of primary sulfonamides is 1. The molecule has 4 aliphatic carbocycles. The summed E-state index contributed by atoms with van der Waals surface area (Å²) in [6, 6.07) is 15.4. The first-order valence-electron chi connectivity index (χ1n) is 11.1. The van der Waals surface area contributed by atoms with Crippen LogP contribution in [0.15, 0.2) is 53.4 Å². The SMILES string of the molecule is Cc1ccc(C23CC4CC(CC(C(=O)NCc5cccc(S(N)(=O)=O)c5)(C4)C2)C3)cc1. The van der Waals surface area contributed by atoms with Gasteiger partial charge in [0, 0.05) is 6.54 Å². The molecule has 2 unspecified atom stereocenters. The monoisotopic (exact) mass is 438 g/mol. The maximum atomic E-state index is 13.5. The van der Waals surface area contributed by atoms with E-state index in [0.717, 1.165) is 24.8 Å². The van der Waals surface area contributed by atoms with Crippen LogP contribution in [-0.4, -0.2) is 14.3 Å². The smallest absolute Gasteiger partial charge is 0.238 e. The van der Waals surface area contributed by atoms with Crippen LogP contribution < -0.4 is 10.5 Å². The highest BCUT2D eigenvalue weighted by Crippen LogP contribution is 2.65. The van der Waals surface area contributed by atoms with Gasteiger partial charge >= 0.3 is 0 Å². The molecule has 4 fully saturated rings. The Balaban J connectivity index is 1.37. The van der Waals surface area contributed by atoms with E-state index >= 15 is 0 Å². The zero-order valence-corrected chi connectivity index (χ0v) is 18.8. The Morgan fingerprint density at radius 2 is 1.74 bits per heavy atom. The Morgan fingerprint density at radius 1 is 1.06 bits per heavy atom. The van der Waals surface area contributed by atoms with Gasteiger partial charge in [0.05, 0.1) is 10.3 Å². The van der Waals surface area contributed by atoms with Crippen LogP contribution in [0, 0.1) is 24.2 Å². The Morgan fingerprint density at radius 3 is 2.39 bits per heavy atom. The zero-order chi connectivity index (χ0) is 21.9. The summed E-state index contributed by atoms with van der Waals surface area (Å²) < 4.78 is 23.3. The van der Waals surface area contributed by atoms with Gasteiger partial charge in [-0.1, -0.05) is 42.0 Å². The number of hydrogen-bond acceptors (Lipinski definition) is 3. The van der Waals surface area contributed by atoms with Crippen molar-refractivity contribution in [1.29, 1.82) is 0 Å². The Kier molecular flexibility index (Phi) is 4.79. The summed E-state index contributed by atoms with van der Waals surface area (Å²) in [6.45, 7) is 2.43. The van der Waals surface area contributed by atoms with Crippen LogP contribution in [0.4, 0.5) is 0 Å². The number of benzene rings is 2. The van der Waals surface area contributed by atoms with Gasteiger partial charge in [0.25, 0.3) is 0 Å². The molecule has 4 aliphatic rings. The number of sulfonamides is 1. The van der Waals surface area contributed by atoms with E-state index < -0.39 is 10.0 Å². The van der Waals surface area contributed by atoms with Crippen molar-refractivity contribution in [1.82, 2.24) is 5.32 Å². The first-order chi connectivity index (χ1) is 14.7. The minimum absolute atomic E-state index is 0.0763. The summed E-state index contributed by atoms with van der Waals surface area (Å²) in [4.78, 5) is 13.6. The largest absolute Gasteiger partial charge is 0.352 e. The summed E-state index contributed by atoms with van der Waals surface area (Å²) in [5.74, 6) is 1.34. The fraction of sp³-hybridized carbons (Fsp3) is 0.480. The molecule has 3 N–H and O–H groups in total. The van der Waals surface area contributed by atoms with Crippen LogP contribution in [0.2, 0.25) is 0 Å². The van der Waals surface area contributed by atoms with Crippen LogP contribution in [-0.2, 0) is 26.8 Å². The van der Waals surface area contributed by atoms with Crippen LogP contribution in [0.1, 0.15) is 55.2 Å². The highest BCUT2D eigenvalue weighted by atomic mass is 32.2. The Labute approximate surface area is 184 Å². The number of carbonyl (C=O) groups excluding carboxylic acids is 1. The molecule has 6 rings (SSSR count). The average molecular weight is 439 g/mol. The van der Waals surface area contributed by atoms with Crippen molar-refractivity contribution in [3.63, 3.8) is 0 Å². The van der Waals surface area contributed by atoms with Crippen molar-refractivity contribution in [2.75, 3.05) is 0 Å². The number of rotatable bonds is 5. The summed E-state index contributed by atoms with van der Waals surface area (Å²) >= 11 is 0. The van der Waals surface area contributed by atoms with Gasteiger partial charge in [-0.15, -0.1) is 0 Å². The lowest BCUT2D eigenvalue weighted by Gasteiger charge is -2.61. The van der Waals surface area contributed by atoms with Gasteiger partial charge in [-0.3, -0.25) is 4.79 Å². The molecule has 0 saturated heterocycles. The van der Waals surface area contributed by atoms with Gasteiger partial charge in [0.1, 0.15) is 0 Å². The standard InChI is InChI=1S/C25H30N2O3S/c1-17-5-7-21(8-6-17)24-11-19-9-20(12-24)14-25(13-19,16-24)23(28)27-15-18-3-2-4-22(10-18)31(26,29)30/h2-8,10,19-20H,9,11-16H2,1H3,(H,27,28)(H2,26,29,30). The van der Waals surface area contributed by atoms with Gasteiger partial charge in [-0.25, -0.2) is 13.6 Å². The minimum atomic E-state index is -3.76. The molecular formula is C25H30N2O3S. The second-order valence-corrected chi connectivity index (χ2v) is 11.8. The van der Waals surface area contributed by atoms with Crippen molar-refractivity contribution in [2.45, 2.75) is 62.3 Å². The predicted molar refractivity (Wildman–Crippen MR) is 120 cm³/mol. The van der Waals surface area contributed by atoms with Crippen LogP contribution in [0.25, 0.3) is 0 Å². The fourth-order valence-electron chi connectivity index (χ4n) is 6.98. The van der Waals surface area contributed by atoms with E-state index in [-0.39, 0.29) is 21.6 Å². The van der Waals surface area contributed by atoms with E-state index in [9.17, 15) is 13.2 Å². The molecule has 4 bridgehead atoms. The maximum absolute atomic E-state index is 13.5. The van der Waals surface area contributed by atoms with Gasteiger partial charge in [0.15, 0.2) is 0 Å². The van der Waals surface area contributed by atoms with E-state index in [2.05, 4.69) is 36.5 Å². The van der Waals surface area contributed by atoms with E-state index in [4.69, 9.17) is 5.14 Å². The van der Waals surface area contributed by atoms with Crippen LogP contribution in [0.3, 0.4) is 0 Å². The van der Waals surface area contributed by atoms with Gasteiger partial charge in [-0.05, 0) is 86.0 Å². The number of hydrogen-bond donors (Lipinski definition) is 2. The lowest BCUT2D eigenvalue weighted by Crippen LogP contribution is -2.59. The van der Waals surface area contributed by atoms with Crippen LogP contribution in [0.5, 0.6) is 0 Å². The third-order valence-electron chi connectivity index (χ3n) is 7.89. The molecule has 31 heavy (non-hydrogen) atoms. The molecular weight excluding hydrogens is 408 g/mol. The average Bonchev–Trinajstić information content (AvgIpc) is 2.71. The molecule has 5 nitrogen and oxygen atoms in total. The lowest BCUT2D eigenvalue weighted by atomic mass is 9.42. The molecule has 4 saturated carbocycles. The molecule has 6 heteroatoms. The summed E-state index contributed by atoms with van der Waals surface area (Å²) in [6.07, 6.45) is 6.49. The third kappa shape index (κ3) is 3.70. The van der Waals surface area contributed by atoms with Gasteiger partial charge < -0.3 is 5.32 Å². The highest BCUT2D eigenvalue weighted by molar-refractivity contribution is 7.89. The molecule has 0 heterocycles. The topological polar surface area (TPSA) is 89.3 Å². The molecule has 2 atom stereocenters. The second kappa shape index (κ2) is 7.17. The molecule has 0 aromatic heterocycles. The van der Waals surface area contributed by atoms with Crippen molar-refractivity contribution in [3.8, 4) is 0 Å². The Bertz CT molecular complexity index is 1110. The number of amides is 1. The summed E-state index contributed by atoms with van der Waals surface area (Å²) in [7, 11) is -3.76. The van der Waals surface area contributed by atoms with E-state index in [1.807, 2.05) is 6.07 Å². The molecule has 2 aromatic rings. The molecule has 0 radical (unpaired) electrons. The number of carbonyl (C=O) groups is 1. The lowest BCUT2D eigenvalue weighted by molar-refractivity contribution is -0.149. The molecule has 164 valence electrons. The van der Waals surface area contributed by atoms with Crippen molar-refractivity contribution in [3.05, 3.63) is 65.2 Å². The zero-order valence-electron chi connectivity index (χ0n) is 17.9. The number of nitrogens with one attached hydrogen (secondary N) is 1. The minimum Gasteiger partial charge on any atom is -0.352 e. The number of nitrogens with two attached hydrogens (primary N) is 1.